The molecule has 0 saturated carbocycles. The van der Waals surface area contributed by atoms with Crippen LogP contribution in [-0.2, 0) is 27.5 Å². The minimum absolute atomic E-state index is 0.00394. The standard InChI is InChI=1S/C22H26N2O3/c1-3-27-15-18-7-5-4-6-17(18)13-23-22(26)19-12-21(25)24(14-19)20-10-8-16(2)9-11-20/h4-11,19H,3,12-15H2,1-2H3,(H,23,26). The Labute approximate surface area is 160 Å². The van der Waals surface area contributed by atoms with E-state index in [9.17, 15) is 9.59 Å². The van der Waals surface area contributed by atoms with Gasteiger partial charge in [0, 0.05) is 31.8 Å². The Hall–Kier alpha value is -2.66. The Morgan fingerprint density at radius 1 is 1.15 bits per heavy atom. The van der Waals surface area contributed by atoms with Gasteiger partial charge in [0.2, 0.25) is 11.8 Å². The summed E-state index contributed by atoms with van der Waals surface area (Å²) in [4.78, 5) is 26.7. The molecule has 0 bridgehead atoms. The van der Waals surface area contributed by atoms with Crippen LogP contribution in [0.2, 0.25) is 0 Å². The van der Waals surface area contributed by atoms with E-state index in [0.29, 0.717) is 26.3 Å². The molecule has 0 aliphatic carbocycles. The number of hydrogen-bond donors (Lipinski definition) is 1. The highest BCUT2D eigenvalue weighted by molar-refractivity contribution is 6.00. The van der Waals surface area contributed by atoms with Crippen molar-refractivity contribution in [3.63, 3.8) is 0 Å². The molecule has 2 amide bonds. The van der Waals surface area contributed by atoms with Crippen molar-refractivity contribution < 1.29 is 14.3 Å². The number of carbonyl (C=O) groups is 2. The van der Waals surface area contributed by atoms with Gasteiger partial charge in [-0.2, -0.15) is 0 Å². The molecular formula is C22H26N2O3. The highest BCUT2D eigenvalue weighted by atomic mass is 16.5. The van der Waals surface area contributed by atoms with Gasteiger partial charge in [-0.1, -0.05) is 42.0 Å². The van der Waals surface area contributed by atoms with Crippen molar-refractivity contribution >= 4 is 17.5 Å². The van der Waals surface area contributed by atoms with Crippen molar-refractivity contribution in [2.75, 3.05) is 18.1 Å². The Morgan fingerprint density at radius 2 is 1.85 bits per heavy atom. The fraction of sp³-hybridized carbons (Fsp3) is 0.364. The Bertz CT molecular complexity index is 801. The molecular weight excluding hydrogens is 340 g/mol. The average molecular weight is 366 g/mol. The topological polar surface area (TPSA) is 58.6 Å². The number of ether oxygens (including phenoxy) is 1. The molecule has 3 rings (SSSR count). The second-order valence-corrected chi connectivity index (χ2v) is 6.86. The first kappa shape index (κ1) is 19.1. The predicted molar refractivity (Wildman–Crippen MR) is 105 cm³/mol. The number of hydrogen-bond acceptors (Lipinski definition) is 3. The molecule has 1 atom stereocenters. The zero-order chi connectivity index (χ0) is 19.2. The van der Waals surface area contributed by atoms with E-state index in [4.69, 9.17) is 4.74 Å². The quantitative estimate of drug-likeness (QED) is 0.819. The minimum Gasteiger partial charge on any atom is -0.377 e. The second kappa shape index (κ2) is 8.82. The zero-order valence-corrected chi connectivity index (χ0v) is 15.9. The first-order valence-corrected chi connectivity index (χ1v) is 9.37. The molecule has 27 heavy (non-hydrogen) atoms. The lowest BCUT2D eigenvalue weighted by Gasteiger charge is -2.17. The number of amides is 2. The molecule has 1 N–H and O–H groups in total. The minimum atomic E-state index is -0.321. The summed E-state index contributed by atoms with van der Waals surface area (Å²) in [6.45, 7) is 6.02. The summed E-state index contributed by atoms with van der Waals surface area (Å²) < 4.78 is 5.49. The van der Waals surface area contributed by atoms with Crippen molar-refractivity contribution in [2.24, 2.45) is 5.92 Å². The molecule has 1 unspecified atom stereocenters. The maximum Gasteiger partial charge on any atom is 0.227 e. The van der Waals surface area contributed by atoms with Crippen LogP contribution in [0.15, 0.2) is 48.5 Å². The normalized spacial score (nSPS) is 16.6. The van der Waals surface area contributed by atoms with Gasteiger partial charge in [0.15, 0.2) is 0 Å². The number of nitrogens with zero attached hydrogens (tertiary/aromatic N) is 1. The smallest absolute Gasteiger partial charge is 0.227 e. The van der Waals surface area contributed by atoms with Crippen LogP contribution in [-0.4, -0.2) is 25.0 Å². The second-order valence-electron chi connectivity index (χ2n) is 6.86. The third-order valence-electron chi connectivity index (χ3n) is 4.87. The van der Waals surface area contributed by atoms with Crippen LogP contribution in [0.5, 0.6) is 0 Å². The Morgan fingerprint density at radius 3 is 2.56 bits per heavy atom. The van der Waals surface area contributed by atoms with Crippen LogP contribution in [0, 0.1) is 12.8 Å². The van der Waals surface area contributed by atoms with Crippen LogP contribution in [0.3, 0.4) is 0 Å². The third-order valence-corrected chi connectivity index (χ3v) is 4.87. The molecule has 1 aliphatic rings. The summed E-state index contributed by atoms with van der Waals surface area (Å²) in [6.07, 6.45) is 0.250. The molecule has 5 nitrogen and oxygen atoms in total. The van der Waals surface area contributed by atoms with Gasteiger partial charge in [0.25, 0.3) is 0 Å². The monoisotopic (exact) mass is 366 g/mol. The predicted octanol–water partition coefficient (Wildman–Crippen LogP) is 3.20. The van der Waals surface area contributed by atoms with Crippen LogP contribution in [0.1, 0.15) is 30.0 Å². The highest BCUT2D eigenvalue weighted by Crippen LogP contribution is 2.25. The van der Waals surface area contributed by atoms with Gasteiger partial charge in [-0.3, -0.25) is 9.59 Å². The van der Waals surface area contributed by atoms with Gasteiger partial charge < -0.3 is 15.0 Å². The van der Waals surface area contributed by atoms with E-state index in [0.717, 1.165) is 22.4 Å². The maximum atomic E-state index is 12.6. The van der Waals surface area contributed by atoms with E-state index in [1.54, 1.807) is 4.90 Å². The summed E-state index contributed by atoms with van der Waals surface area (Å²) in [6, 6.07) is 15.7. The van der Waals surface area contributed by atoms with Crippen molar-refractivity contribution in [1.82, 2.24) is 5.32 Å². The van der Waals surface area contributed by atoms with E-state index in [-0.39, 0.29) is 24.2 Å². The fourth-order valence-electron chi connectivity index (χ4n) is 3.27. The lowest BCUT2D eigenvalue weighted by atomic mass is 10.1. The van der Waals surface area contributed by atoms with Crippen LogP contribution >= 0.6 is 0 Å². The van der Waals surface area contributed by atoms with Crippen LogP contribution < -0.4 is 10.2 Å². The molecule has 142 valence electrons. The lowest BCUT2D eigenvalue weighted by Crippen LogP contribution is -2.32. The number of anilines is 1. The molecule has 1 heterocycles. The van der Waals surface area contributed by atoms with E-state index < -0.39 is 0 Å². The lowest BCUT2D eigenvalue weighted by molar-refractivity contribution is -0.126. The summed E-state index contributed by atoms with van der Waals surface area (Å²) in [5, 5.41) is 2.99. The number of rotatable bonds is 7. The number of benzene rings is 2. The molecule has 2 aromatic rings. The van der Waals surface area contributed by atoms with Crippen LogP contribution in [0.4, 0.5) is 5.69 Å². The summed E-state index contributed by atoms with van der Waals surface area (Å²) >= 11 is 0. The van der Waals surface area contributed by atoms with E-state index >= 15 is 0 Å². The summed E-state index contributed by atoms with van der Waals surface area (Å²) in [5.41, 5.74) is 4.11. The summed E-state index contributed by atoms with van der Waals surface area (Å²) in [5.74, 6) is -0.405. The molecule has 1 aliphatic heterocycles. The summed E-state index contributed by atoms with van der Waals surface area (Å²) in [7, 11) is 0. The molecule has 0 spiro atoms. The van der Waals surface area contributed by atoms with E-state index in [1.807, 2.05) is 62.4 Å². The first-order chi connectivity index (χ1) is 13.1. The van der Waals surface area contributed by atoms with Crippen molar-refractivity contribution in [3.05, 3.63) is 65.2 Å². The number of aryl methyl sites for hydroxylation is 1. The van der Waals surface area contributed by atoms with Gasteiger partial charge in [0.05, 0.1) is 12.5 Å². The van der Waals surface area contributed by atoms with E-state index in [1.165, 1.54) is 0 Å². The average Bonchev–Trinajstić information content (AvgIpc) is 3.07. The van der Waals surface area contributed by atoms with Crippen molar-refractivity contribution in [1.29, 1.82) is 0 Å². The van der Waals surface area contributed by atoms with Crippen molar-refractivity contribution in [2.45, 2.75) is 33.4 Å². The molecule has 5 heteroatoms. The molecule has 0 aromatic heterocycles. The van der Waals surface area contributed by atoms with Gasteiger partial charge in [0.1, 0.15) is 0 Å². The molecule has 0 radical (unpaired) electrons. The fourth-order valence-corrected chi connectivity index (χ4v) is 3.27. The Kier molecular flexibility index (Phi) is 6.24. The third kappa shape index (κ3) is 4.74. The zero-order valence-electron chi connectivity index (χ0n) is 15.9. The van der Waals surface area contributed by atoms with Gasteiger partial charge in [-0.05, 0) is 37.1 Å². The number of carbonyl (C=O) groups excluding carboxylic acids is 2. The SMILES string of the molecule is CCOCc1ccccc1CNC(=O)C1CC(=O)N(c2ccc(C)cc2)C1. The maximum absolute atomic E-state index is 12.6. The van der Waals surface area contributed by atoms with Gasteiger partial charge in [-0.15, -0.1) is 0 Å². The van der Waals surface area contributed by atoms with Gasteiger partial charge >= 0.3 is 0 Å². The first-order valence-electron chi connectivity index (χ1n) is 9.37. The molecule has 2 aromatic carbocycles. The van der Waals surface area contributed by atoms with Crippen molar-refractivity contribution in [3.8, 4) is 0 Å². The molecule has 1 fully saturated rings. The van der Waals surface area contributed by atoms with Gasteiger partial charge in [-0.25, -0.2) is 0 Å². The number of nitrogens with one attached hydrogen (secondary N) is 1. The van der Waals surface area contributed by atoms with Crippen LogP contribution in [0.25, 0.3) is 0 Å². The Balaban J connectivity index is 1.59. The highest BCUT2D eigenvalue weighted by Gasteiger charge is 2.34. The van der Waals surface area contributed by atoms with E-state index in [2.05, 4.69) is 5.32 Å². The largest absolute Gasteiger partial charge is 0.377 e. The molecule has 1 saturated heterocycles.